The second-order valence-corrected chi connectivity index (χ2v) is 18.8. The van der Waals surface area contributed by atoms with Crippen LogP contribution in [0.4, 0.5) is 4.79 Å². The SMILES string of the molecule is COc1ccc(C(OCN2C(=O)N[C@@H]3[C@@H](CCCCC(=O)NCCCCCCOP(OCCC#N)N(C(C)C)C(C)C)SC[C@@H]32)(c2ccccc2)c2ccc(OC)cc2)cc1. The van der Waals surface area contributed by atoms with Gasteiger partial charge < -0.3 is 33.9 Å². The van der Waals surface area contributed by atoms with Crippen molar-refractivity contribution in [3.8, 4) is 17.6 Å². The minimum atomic E-state index is -1.21. The van der Waals surface area contributed by atoms with Crippen LogP contribution in [-0.2, 0) is 24.2 Å². The molecule has 0 bridgehead atoms. The maximum Gasteiger partial charge on any atom is 0.319 e. The summed E-state index contributed by atoms with van der Waals surface area (Å²) in [5.41, 5.74) is 1.74. The normalized spacial score (nSPS) is 18.0. The number of ether oxygens (including phenoxy) is 3. The first-order valence-corrected chi connectivity index (χ1v) is 24.0. The van der Waals surface area contributed by atoms with Gasteiger partial charge in [0, 0.05) is 36.1 Å². The van der Waals surface area contributed by atoms with Gasteiger partial charge >= 0.3 is 6.03 Å². The predicted octanol–water partition coefficient (Wildman–Crippen LogP) is 9.38. The Bertz CT molecular complexity index is 1760. The number of benzene rings is 3. The summed E-state index contributed by atoms with van der Waals surface area (Å²) in [4.78, 5) is 28.1. The van der Waals surface area contributed by atoms with Crippen molar-refractivity contribution in [3.63, 3.8) is 0 Å². The van der Waals surface area contributed by atoms with Gasteiger partial charge in [-0.1, -0.05) is 73.9 Å². The molecule has 2 heterocycles. The fourth-order valence-corrected chi connectivity index (χ4v) is 11.4. The minimum absolute atomic E-state index is 0.00232. The van der Waals surface area contributed by atoms with Gasteiger partial charge in [-0.25, -0.2) is 9.46 Å². The van der Waals surface area contributed by atoms with Gasteiger partial charge in [-0.15, -0.1) is 0 Å². The highest BCUT2D eigenvalue weighted by atomic mass is 32.2. The van der Waals surface area contributed by atoms with Gasteiger partial charge in [-0.05, 0) is 94.3 Å². The molecule has 2 fully saturated rings. The molecule has 12 nitrogen and oxygen atoms in total. The van der Waals surface area contributed by atoms with E-state index in [1.165, 1.54) is 0 Å². The number of methoxy groups -OCH3 is 2. The number of hydrogen-bond acceptors (Lipinski definition) is 10. The Hall–Kier alpha value is -3.89. The molecule has 5 rings (SSSR count). The first-order valence-electron chi connectivity index (χ1n) is 21.8. The van der Waals surface area contributed by atoms with E-state index in [0.717, 1.165) is 78.9 Å². The quantitative estimate of drug-likeness (QED) is 0.0330. The van der Waals surface area contributed by atoms with E-state index in [-0.39, 0.29) is 48.1 Å². The highest BCUT2D eigenvalue weighted by Gasteiger charge is 2.49. The molecule has 3 aromatic rings. The van der Waals surface area contributed by atoms with Gasteiger partial charge in [0.25, 0.3) is 8.53 Å². The first-order chi connectivity index (χ1) is 29.6. The second-order valence-electron chi connectivity index (χ2n) is 16.1. The fraction of sp³-hybridized carbons (Fsp3) is 0.553. The van der Waals surface area contributed by atoms with E-state index in [1.807, 2.05) is 83.4 Å². The number of thioether (sulfide) groups is 1. The molecule has 332 valence electrons. The van der Waals surface area contributed by atoms with Gasteiger partial charge in [0.1, 0.15) is 23.8 Å². The molecule has 0 aliphatic carbocycles. The van der Waals surface area contributed by atoms with E-state index in [4.69, 9.17) is 28.5 Å². The highest BCUT2D eigenvalue weighted by molar-refractivity contribution is 8.00. The number of fused-ring (bicyclic) bond motifs is 1. The molecule has 1 unspecified atom stereocenters. The fourth-order valence-electron chi connectivity index (χ4n) is 8.17. The Labute approximate surface area is 369 Å². The molecule has 4 atom stereocenters. The number of rotatable bonds is 27. The zero-order valence-electron chi connectivity index (χ0n) is 36.8. The highest BCUT2D eigenvalue weighted by Crippen LogP contribution is 2.46. The standard InChI is InChI=1S/C47H66N5O7PS/c1-35(2)52(36(3)4)60(59-32-16-29-48)58-31-15-8-7-14-30-49-44(53)20-13-12-19-43-45-42(33-61-43)51(46(54)50-45)34-57-47(37-17-10-9-11-18-37,38-21-25-40(55-5)26-22-38)39-23-27-41(56-6)28-24-39/h9-11,17-18,21-28,35-36,42-43,45H,7-8,12-16,19-20,30-34H2,1-6H3,(H,49,53)(H,50,54)/t42-,43+,45-,60?/m0/s1. The molecule has 2 N–H and O–H groups in total. The van der Waals surface area contributed by atoms with Crippen LogP contribution in [0.2, 0.25) is 0 Å². The van der Waals surface area contributed by atoms with E-state index < -0.39 is 14.1 Å². The van der Waals surface area contributed by atoms with Crippen molar-refractivity contribution in [3.05, 3.63) is 95.6 Å². The van der Waals surface area contributed by atoms with Gasteiger partial charge in [0.15, 0.2) is 0 Å². The Morgan fingerprint density at radius 2 is 1.48 bits per heavy atom. The van der Waals surface area contributed by atoms with Crippen LogP contribution in [0.15, 0.2) is 78.9 Å². The smallest absolute Gasteiger partial charge is 0.319 e. The molecule has 61 heavy (non-hydrogen) atoms. The van der Waals surface area contributed by atoms with Crippen molar-refractivity contribution in [1.29, 1.82) is 5.26 Å². The summed E-state index contributed by atoms with van der Waals surface area (Å²) < 4.78 is 32.5. The Morgan fingerprint density at radius 1 is 0.869 bits per heavy atom. The predicted molar refractivity (Wildman–Crippen MR) is 244 cm³/mol. The summed E-state index contributed by atoms with van der Waals surface area (Å²) in [7, 11) is 2.09. The van der Waals surface area contributed by atoms with E-state index in [2.05, 4.69) is 61.2 Å². The zero-order valence-corrected chi connectivity index (χ0v) is 38.6. The number of nitriles is 1. The minimum Gasteiger partial charge on any atom is -0.497 e. The van der Waals surface area contributed by atoms with Crippen molar-refractivity contribution >= 4 is 32.2 Å². The summed E-state index contributed by atoms with van der Waals surface area (Å²) in [5, 5.41) is 15.6. The van der Waals surface area contributed by atoms with Crippen molar-refractivity contribution in [1.82, 2.24) is 20.2 Å². The van der Waals surface area contributed by atoms with E-state index in [9.17, 15) is 9.59 Å². The van der Waals surface area contributed by atoms with E-state index in [1.54, 1.807) is 14.2 Å². The molecule has 3 aromatic carbocycles. The molecule has 0 aromatic heterocycles. The lowest BCUT2D eigenvalue weighted by Crippen LogP contribution is -2.43. The van der Waals surface area contributed by atoms with Crippen molar-refractivity contribution in [2.24, 2.45) is 0 Å². The monoisotopic (exact) mass is 875 g/mol. The maximum atomic E-state index is 13.6. The van der Waals surface area contributed by atoms with E-state index >= 15 is 0 Å². The lowest BCUT2D eigenvalue weighted by molar-refractivity contribution is -0.121. The molecule has 3 amide bonds. The van der Waals surface area contributed by atoms with Crippen LogP contribution >= 0.6 is 20.3 Å². The molecule has 0 spiro atoms. The van der Waals surface area contributed by atoms with Crippen LogP contribution in [0.1, 0.15) is 102 Å². The number of nitrogens with zero attached hydrogens (tertiary/aromatic N) is 3. The number of carbonyl (C=O) groups is 2. The Kier molecular flexibility index (Phi) is 19.5. The topological polar surface area (TPSA) is 135 Å². The number of unbranched alkanes of at least 4 members (excludes halogenated alkanes) is 4. The summed E-state index contributed by atoms with van der Waals surface area (Å²) in [5.74, 6) is 2.40. The molecule has 2 aliphatic heterocycles. The van der Waals surface area contributed by atoms with Crippen LogP contribution in [0.3, 0.4) is 0 Å². The van der Waals surface area contributed by atoms with Crippen LogP contribution in [-0.4, -0.2) is 97.4 Å². The van der Waals surface area contributed by atoms with Crippen LogP contribution in [0.25, 0.3) is 0 Å². The summed E-state index contributed by atoms with van der Waals surface area (Å²) in [6.45, 7) is 10.3. The first kappa shape index (κ1) is 48.1. The second kappa shape index (κ2) is 24.7. The molecule has 2 saturated heterocycles. The van der Waals surface area contributed by atoms with Crippen LogP contribution in [0.5, 0.6) is 11.5 Å². The van der Waals surface area contributed by atoms with Gasteiger partial charge in [0.2, 0.25) is 5.91 Å². The van der Waals surface area contributed by atoms with Crippen LogP contribution < -0.4 is 20.1 Å². The zero-order chi connectivity index (χ0) is 43.6. The maximum absolute atomic E-state index is 13.6. The number of carbonyl (C=O) groups excluding carboxylic acids is 2. The number of urea groups is 1. The number of amides is 3. The van der Waals surface area contributed by atoms with Crippen molar-refractivity contribution < 1.29 is 32.8 Å². The van der Waals surface area contributed by atoms with Crippen LogP contribution in [0, 0.1) is 11.3 Å². The van der Waals surface area contributed by atoms with Gasteiger partial charge in [0.05, 0.1) is 52.0 Å². The third-order valence-electron chi connectivity index (χ3n) is 11.2. The molecular formula is C47H66N5O7PS. The van der Waals surface area contributed by atoms with Crippen molar-refractivity contribution in [2.45, 2.75) is 121 Å². The Morgan fingerprint density at radius 3 is 2.08 bits per heavy atom. The lowest BCUT2D eigenvalue weighted by atomic mass is 9.80. The molecule has 14 heteroatoms. The average Bonchev–Trinajstić information content (AvgIpc) is 3.81. The van der Waals surface area contributed by atoms with Gasteiger partial charge in [-0.3, -0.25) is 9.69 Å². The summed E-state index contributed by atoms with van der Waals surface area (Å²) in [6.07, 6.45) is 7.39. The third-order valence-corrected chi connectivity index (χ3v) is 14.8. The molecule has 0 radical (unpaired) electrons. The third kappa shape index (κ3) is 13.1. The van der Waals surface area contributed by atoms with E-state index in [0.29, 0.717) is 32.6 Å². The molecule has 0 saturated carbocycles. The molecule has 2 aliphatic rings. The number of hydrogen-bond donors (Lipinski definition) is 2. The summed E-state index contributed by atoms with van der Waals surface area (Å²) >= 11 is 1.89. The summed E-state index contributed by atoms with van der Waals surface area (Å²) in [6, 6.07) is 28.5. The largest absolute Gasteiger partial charge is 0.497 e. The van der Waals surface area contributed by atoms with Gasteiger partial charge in [-0.2, -0.15) is 17.0 Å². The number of nitrogens with one attached hydrogen (secondary N) is 2. The van der Waals surface area contributed by atoms with Crippen molar-refractivity contribution in [2.75, 3.05) is 46.5 Å². The lowest BCUT2D eigenvalue weighted by Gasteiger charge is -2.37. The molecular weight excluding hydrogens is 810 g/mol. The average molecular weight is 876 g/mol. The Balaban J connectivity index is 1.06.